The van der Waals surface area contributed by atoms with Crippen molar-refractivity contribution in [3.05, 3.63) is 109 Å². The van der Waals surface area contributed by atoms with Crippen LogP contribution in [-0.2, 0) is 26.2 Å². The standard InChI is InChI=1S/C32H36ClN5O5/c1-20-22(23-9-6-7-11-25(23)33)10-8-14-32(20,35-27(39)24-18-36(3)30(41)37(4)29(24)40)26-13-12-21(28(34-26)43-5)17-38-16-15-31(2,42)19-38/h6-14,18,20,42H,15-17,19H2,1-5H3,(H,35,39)/t20-,31?,32?/m1/s1. The van der Waals surface area contributed by atoms with E-state index in [0.29, 0.717) is 36.1 Å². The van der Waals surface area contributed by atoms with Crippen LogP contribution in [0.15, 0.2) is 70.4 Å². The molecule has 1 amide bonds. The van der Waals surface area contributed by atoms with Crippen LogP contribution in [0.4, 0.5) is 0 Å². The topological polar surface area (TPSA) is 119 Å². The number of carbonyl (C=O) groups is 1. The van der Waals surface area contributed by atoms with Crippen molar-refractivity contribution in [3.63, 3.8) is 0 Å². The zero-order valence-electron chi connectivity index (χ0n) is 24.9. The number of hydrogen-bond acceptors (Lipinski definition) is 7. The third kappa shape index (κ3) is 5.70. The average molecular weight is 606 g/mol. The summed E-state index contributed by atoms with van der Waals surface area (Å²) >= 11 is 6.62. The smallest absolute Gasteiger partial charge is 0.330 e. The number of nitrogens with zero attached hydrogens (tertiary/aromatic N) is 4. The number of allylic oxidation sites excluding steroid dienone is 2. The Morgan fingerprint density at radius 2 is 1.95 bits per heavy atom. The number of aromatic nitrogens is 3. The molecule has 0 saturated carbocycles. The highest BCUT2D eigenvalue weighted by molar-refractivity contribution is 6.32. The first-order valence-electron chi connectivity index (χ1n) is 14.1. The number of ether oxygens (including phenoxy) is 1. The summed E-state index contributed by atoms with van der Waals surface area (Å²) in [6.07, 6.45) is 7.57. The van der Waals surface area contributed by atoms with Crippen molar-refractivity contribution in [2.75, 3.05) is 20.2 Å². The van der Waals surface area contributed by atoms with Crippen LogP contribution in [0, 0.1) is 5.92 Å². The first-order valence-corrected chi connectivity index (χ1v) is 14.5. The first kappa shape index (κ1) is 30.5. The molecule has 0 spiro atoms. The number of rotatable bonds is 7. The summed E-state index contributed by atoms with van der Waals surface area (Å²) in [5.41, 5.74) is -0.360. The first-order chi connectivity index (χ1) is 20.4. The van der Waals surface area contributed by atoms with Crippen LogP contribution in [0.25, 0.3) is 5.57 Å². The fourth-order valence-electron chi connectivity index (χ4n) is 6.01. The molecule has 43 heavy (non-hydrogen) atoms. The molecule has 1 aliphatic heterocycles. The van der Waals surface area contributed by atoms with E-state index in [4.69, 9.17) is 21.3 Å². The minimum atomic E-state index is -1.22. The number of aryl methyl sites for hydroxylation is 1. The number of likely N-dealkylation sites (tertiary alicyclic amines) is 1. The Morgan fingerprint density at radius 1 is 1.21 bits per heavy atom. The molecule has 226 valence electrons. The van der Waals surface area contributed by atoms with E-state index in [1.165, 1.54) is 24.9 Å². The van der Waals surface area contributed by atoms with E-state index >= 15 is 0 Å². The van der Waals surface area contributed by atoms with Crippen LogP contribution in [0.3, 0.4) is 0 Å². The Labute approximate surface area is 254 Å². The van der Waals surface area contributed by atoms with E-state index in [1.807, 2.05) is 68.5 Å². The number of β-amino-alcohol motifs (C(OH)–C–C–N with tert-alkyl or cyclic N) is 1. The van der Waals surface area contributed by atoms with Gasteiger partial charge in [-0.05, 0) is 36.6 Å². The van der Waals surface area contributed by atoms with Gasteiger partial charge < -0.3 is 19.7 Å². The maximum atomic E-state index is 13.9. The van der Waals surface area contributed by atoms with Gasteiger partial charge in [0.15, 0.2) is 0 Å². The SMILES string of the molecule is COc1nc(C2(NC(=O)c3cn(C)c(=O)n(C)c3=O)C=CC=C(c3ccccc3Cl)[C@H]2C)ccc1CN1CCC(C)(O)C1. The van der Waals surface area contributed by atoms with E-state index < -0.39 is 34.2 Å². The van der Waals surface area contributed by atoms with Gasteiger partial charge in [-0.15, -0.1) is 0 Å². The Hall–Kier alpha value is -3.99. The third-order valence-electron chi connectivity index (χ3n) is 8.46. The molecule has 11 heteroatoms. The van der Waals surface area contributed by atoms with E-state index in [1.54, 1.807) is 7.11 Å². The van der Waals surface area contributed by atoms with E-state index in [-0.39, 0.29) is 5.56 Å². The maximum Gasteiger partial charge on any atom is 0.330 e. The van der Waals surface area contributed by atoms with Crippen LogP contribution in [0.5, 0.6) is 5.88 Å². The minimum Gasteiger partial charge on any atom is -0.481 e. The molecule has 2 aliphatic rings. The summed E-state index contributed by atoms with van der Waals surface area (Å²) in [6.45, 7) is 5.62. The lowest BCUT2D eigenvalue weighted by Crippen LogP contribution is -2.52. The van der Waals surface area contributed by atoms with Crippen LogP contribution < -0.4 is 21.3 Å². The zero-order chi connectivity index (χ0) is 31.1. The molecule has 5 rings (SSSR count). The van der Waals surface area contributed by atoms with Gasteiger partial charge in [0.05, 0.1) is 18.4 Å². The van der Waals surface area contributed by atoms with Gasteiger partial charge in [-0.1, -0.05) is 61.0 Å². The highest BCUT2D eigenvalue weighted by Gasteiger charge is 2.43. The summed E-state index contributed by atoms with van der Waals surface area (Å²) in [4.78, 5) is 46.3. The number of hydrogen-bond donors (Lipinski definition) is 2. The van der Waals surface area contributed by atoms with Crippen molar-refractivity contribution in [1.29, 1.82) is 0 Å². The van der Waals surface area contributed by atoms with E-state index in [2.05, 4.69) is 10.2 Å². The fraction of sp³-hybridized carbons (Fsp3) is 0.375. The lowest BCUT2D eigenvalue weighted by Gasteiger charge is -2.40. The molecule has 2 unspecified atom stereocenters. The Balaban J connectivity index is 1.60. The Morgan fingerprint density at radius 3 is 2.63 bits per heavy atom. The van der Waals surface area contributed by atoms with E-state index in [0.717, 1.165) is 27.8 Å². The second-order valence-electron chi connectivity index (χ2n) is 11.6. The molecular weight excluding hydrogens is 570 g/mol. The summed E-state index contributed by atoms with van der Waals surface area (Å²) in [5, 5.41) is 14.1. The van der Waals surface area contributed by atoms with Crippen LogP contribution in [0.1, 0.15) is 47.4 Å². The molecule has 2 aromatic heterocycles. The van der Waals surface area contributed by atoms with Crippen molar-refractivity contribution in [2.45, 2.75) is 38.0 Å². The van der Waals surface area contributed by atoms with Crippen LogP contribution >= 0.6 is 11.6 Å². The highest BCUT2D eigenvalue weighted by Crippen LogP contribution is 2.44. The van der Waals surface area contributed by atoms with Crippen LogP contribution in [-0.4, -0.2) is 55.8 Å². The molecule has 1 aromatic carbocycles. The largest absolute Gasteiger partial charge is 0.481 e. The molecular formula is C32H36ClN5O5. The third-order valence-corrected chi connectivity index (χ3v) is 8.79. The maximum absolute atomic E-state index is 13.9. The summed E-state index contributed by atoms with van der Waals surface area (Å²) in [6, 6.07) is 11.2. The second kappa shape index (κ2) is 11.6. The molecule has 0 radical (unpaired) electrons. The average Bonchev–Trinajstić information content (AvgIpc) is 3.33. The predicted molar refractivity (Wildman–Crippen MR) is 165 cm³/mol. The number of nitrogens with one attached hydrogen (secondary N) is 1. The monoisotopic (exact) mass is 605 g/mol. The Bertz CT molecular complexity index is 1760. The van der Waals surface area contributed by atoms with Gasteiger partial charge in [-0.25, -0.2) is 9.78 Å². The molecule has 3 heterocycles. The normalized spacial score (nSPS) is 23.7. The number of benzene rings is 1. The number of aliphatic hydroxyl groups is 1. The van der Waals surface area contributed by atoms with Gasteiger partial charge in [0.2, 0.25) is 5.88 Å². The van der Waals surface area contributed by atoms with Gasteiger partial charge in [-0.2, -0.15) is 0 Å². The van der Waals surface area contributed by atoms with Gasteiger partial charge in [0.1, 0.15) is 11.1 Å². The molecule has 3 aromatic rings. The van der Waals surface area contributed by atoms with Crippen LogP contribution in [0.2, 0.25) is 5.02 Å². The molecule has 1 fully saturated rings. The summed E-state index contributed by atoms with van der Waals surface area (Å²) in [7, 11) is 4.37. The van der Waals surface area contributed by atoms with Crippen molar-refractivity contribution in [1.82, 2.24) is 24.3 Å². The molecule has 3 atom stereocenters. The molecule has 1 saturated heterocycles. The quantitative estimate of drug-likeness (QED) is 0.425. The highest BCUT2D eigenvalue weighted by atomic mass is 35.5. The predicted octanol–water partition coefficient (Wildman–Crippen LogP) is 3.01. The Kier molecular flexibility index (Phi) is 8.22. The second-order valence-corrected chi connectivity index (χ2v) is 12.0. The number of halogens is 1. The summed E-state index contributed by atoms with van der Waals surface area (Å²) < 4.78 is 7.84. The van der Waals surface area contributed by atoms with Crippen molar-refractivity contribution in [3.8, 4) is 5.88 Å². The zero-order valence-corrected chi connectivity index (χ0v) is 25.7. The van der Waals surface area contributed by atoms with Crippen molar-refractivity contribution < 1.29 is 14.6 Å². The number of pyridine rings is 1. The van der Waals surface area contributed by atoms with Gasteiger partial charge >= 0.3 is 5.69 Å². The minimum absolute atomic E-state index is 0.178. The summed E-state index contributed by atoms with van der Waals surface area (Å²) in [5.74, 6) is -0.656. The van der Waals surface area contributed by atoms with Gasteiger partial charge in [0.25, 0.3) is 11.5 Å². The van der Waals surface area contributed by atoms with Gasteiger partial charge in [0, 0.05) is 56.4 Å². The number of methoxy groups -OCH3 is 1. The fourth-order valence-corrected chi connectivity index (χ4v) is 6.25. The van der Waals surface area contributed by atoms with Gasteiger partial charge in [-0.3, -0.25) is 19.1 Å². The molecule has 2 N–H and O–H groups in total. The molecule has 1 aliphatic carbocycles. The molecule has 10 nitrogen and oxygen atoms in total. The number of amides is 1. The molecule has 0 bridgehead atoms. The number of carbonyl (C=O) groups excluding carboxylic acids is 1. The lowest BCUT2D eigenvalue weighted by molar-refractivity contribution is 0.0677. The van der Waals surface area contributed by atoms with E-state index in [9.17, 15) is 19.5 Å². The van der Waals surface area contributed by atoms with Crippen molar-refractivity contribution >= 4 is 23.1 Å². The lowest BCUT2D eigenvalue weighted by atomic mass is 9.72. The van der Waals surface area contributed by atoms with Crippen molar-refractivity contribution in [2.24, 2.45) is 20.0 Å².